The third kappa shape index (κ3) is 2.80. The number of rotatable bonds is 1. The largest absolute Gasteiger partial charge is 0.388 e. The lowest BCUT2D eigenvalue weighted by molar-refractivity contribution is 0.0572. The van der Waals surface area contributed by atoms with E-state index >= 15 is 0 Å². The molecule has 1 aliphatic rings. The number of halogens is 2. The lowest BCUT2D eigenvalue weighted by atomic mass is 10.2. The Labute approximate surface area is 112 Å². The summed E-state index contributed by atoms with van der Waals surface area (Å²) >= 11 is 9.12. The number of hydrogen-bond acceptors (Lipinski definition) is 3. The highest BCUT2D eigenvalue weighted by Gasteiger charge is 2.33. The fourth-order valence-corrected chi connectivity index (χ4v) is 2.66. The van der Waals surface area contributed by atoms with Crippen LogP contribution in [0.15, 0.2) is 22.7 Å². The Morgan fingerprint density at radius 1 is 1.29 bits per heavy atom. The van der Waals surface area contributed by atoms with Gasteiger partial charge >= 0.3 is 0 Å². The molecule has 92 valence electrons. The molecule has 0 unspecified atom stereocenters. The number of likely N-dealkylation sites (tertiary alicyclic amines) is 1. The Kier molecular flexibility index (Phi) is 3.73. The number of β-amino-alcohol motifs (C(OH)–C–C–N with tert-alkyl or cyclic N) is 2. The molecule has 17 heavy (non-hydrogen) atoms. The van der Waals surface area contributed by atoms with E-state index in [-0.39, 0.29) is 19.0 Å². The molecule has 1 aromatic carbocycles. The summed E-state index contributed by atoms with van der Waals surface area (Å²) in [7, 11) is 0. The van der Waals surface area contributed by atoms with Crippen molar-refractivity contribution in [1.29, 1.82) is 0 Å². The molecule has 0 aliphatic carbocycles. The van der Waals surface area contributed by atoms with Crippen molar-refractivity contribution in [2.24, 2.45) is 0 Å². The lowest BCUT2D eigenvalue weighted by Gasteiger charge is -2.15. The second kappa shape index (κ2) is 4.94. The smallest absolute Gasteiger partial charge is 0.254 e. The van der Waals surface area contributed by atoms with Gasteiger partial charge in [-0.25, -0.2) is 0 Å². The molecule has 0 aromatic heterocycles. The first-order valence-corrected chi connectivity index (χ1v) is 6.26. The van der Waals surface area contributed by atoms with E-state index in [9.17, 15) is 15.0 Å². The first-order valence-electron chi connectivity index (χ1n) is 5.09. The highest BCUT2D eigenvalue weighted by Crippen LogP contribution is 2.22. The minimum absolute atomic E-state index is 0.143. The van der Waals surface area contributed by atoms with Gasteiger partial charge in [-0.3, -0.25) is 4.79 Å². The van der Waals surface area contributed by atoms with Crippen LogP contribution in [-0.2, 0) is 0 Å². The molecular formula is C11H11BrClNO3. The molecule has 2 atom stereocenters. The van der Waals surface area contributed by atoms with Crippen LogP contribution in [-0.4, -0.2) is 46.3 Å². The van der Waals surface area contributed by atoms with Crippen LogP contribution in [0.4, 0.5) is 0 Å². The van der Waals surface area contributed by atoms with Gasteiger partial charge < -0.3 is 15.1 Å². The monoisotopic (exact) mass is 319 g/mol. The Bertz CT molecular complexity index is 424. The van der Waals surface area contributed by atoms with Crippen molar-refractivity contribution in [2.45, 2.75) is 12.2 Å². The Balaban J connectivity index is 2.20. The van der Waals surface area contributed by atoms with Crippen LogP contribution in [0.25, 0.3) is 0 Å². The summed E-state index contributed by atoms with van der Waals surface area (Å²) in [6.07, 6.45) is -1.75. The standard InChI is InChI=1S/C11H11BrClNO3/c12-7-1-6(2-8(13)3-7)11(17)14-4-9(15)10(16)5-14/h1-3,9-10,15-16H,4-5H2/t9-,10+. The molecule has 1 saturated heterocycles. The van der Waals surface area contributed by atoms with E-state index in [0.717, 1.165) is 0 Å². The Hall–Kier alpha value is -0.620. The predicted molar refractivity (Wildman–Crippen MR) is 67.1 cm³/mol. The minimum Gasteiger partial charge on any atom is -0.388 e. The normalized spacial score (nSPS) is 24.1. The first kappa shape index (κ1) is 12.8. The number of amides is 1. The van der Waals surface area contributed by atoms with Gasteiger partial charge in [0.25, 0.3) is 5.91 Å². The maximum atomic E-state index is 12.1. The molecule has 0 saturated carbocycles. The lowest BCUT2D eigenvalue weighted by Crippen LogP contribution is -2.29. The van der Waals surface area contributed by atoms with Crippen LogP contribution in [0.1, 0.15) is 10.4 Å². The molecule has 0 bridgehead atoms. The summed E-state index contributed by atoms with van der Waals surface area (Å²) in [5.41, 5.74) is 0.436. The summed E-state index contributed by atoms with van der Waals surface area (Å²) < 4.78 is 0.716. The molecule has 0 radical (unpaired) electrons. The number of hydrogen-bond donors (Lipinski definition) is 2. The average molecular weight is 321 g/mol. The molecule has 1 aromatic rings. The van der Waals surface area contributed by atoms with Crippen LogP contribution in [0.5, 0.6) is 0 Å². The summed E-state index contributed by atoms with van der Waals surface area (Å²) in [4.78, 5) is 13.5. The van der Waals surface area contributed by atoms with Crippen molar-refractivity contribution in [2.75, 3.05) is 13.1 Å². The molecule has 2 N–H and O–H groups in total. The van der Waals surface area contributed by atoms with Crippen LogP contribution in [0.3, 0.4) is 0 Å². The zero-order valence-electron chi connectivity index (χ0n) is 8.81. The van der Waals surface area contributed by atoms with Gasteiger partial charge in [0, 0.05) is 28.1 Å². The summed E-state index contributed by atoms with van der Waals surface area (Å²) in [5, 5.41) is 19.2. The molecule has 0 spiro atoms. The van der Waals surface area contributed by atoms with E-state index in [1.54, 1.807) is 18.2 Å². The number of benzene rings is 1. The molecule has 1 aliphatic heterocycles. The van der Waals surface area contributed by atoms with Gasteiger partial charge in [-0.05, 0) is 18.2 Å². The van der Waals surface area contributed by atoms with Crippen molar-refractivity contribution >= 4 is 33.4 Å². The average Bonchev–Trinajstić information content (AvgIpc) is 2.57. The van der Waals surface area contributed by atoms with Gasteiger partial charge in [-0.1, -0.05) is 27.5 Å². The van der Waals surface area contributed by atoms with E-state index in [0.29, 0.717) is 15.1 Å². The van der Waals surface area contributed by atoms with Gasteiger partial charge in [0.05, 0.1) is 12.2 Å². The fraction of sp³-hybridized carbons (Fsp3) is 0.364. The maximum absolute atomic E-state index is 12.1. The summed E-state index contributed by atoms with van der Waals surface area (Å²) in [6.45, 7) is 0.286. The van der Waals surface area contributed by atoms with E-state index in [1.165, 1.54) is 4.90 Å². The summed E-state index contributed by atoms with van der Waals surface area (Å²) in [6, 6.07) is 4.91. The number of aliphatic hydroxyl groups excluding tert-OH is 2. The van der Waals surface area contributed by atoms with Crippen molar-refractivity contribution in [3.63, 3.8) is 0 Å². The fourth-order valence-electron chi connectivity index (χ4n) is 1.80. The predicted octanol–water partition coefficient (Wildman–Crippen LogP) is 1.28. The molecule has 1 heterocycles. The zero-order valence-corrected chi connectivity index (χ0v) is 11.1. The van der Waals surface area contributed by atoms with Crippen LogP contribution < -0.4 is 0 Å². The number of nitrogens with zero attached hydrogens (tertiary/aromatic N) is 1. The first-order chi connectivity index (χ1) is 7.97. The van der Waals surface area contributed by atoms with E-state index < -0.39 is 12.2 Å². The third-order valence-electron chi connectivity index (χ3n) is 2.66. The summed E-state index contributed by atoms with van der Waals surface area (Å²) in [5.74, 6) is -0.246. The molecule has 4 nitrogen and oxygen atoms in total. The van der Waals surface area contributed by atoms with Crippen LogP contribution in [0.2, 0.25) is 5.02 Å². The highest BCUT2D eigenvalue weighted by atomic mass is 79.9. The van der Waals surface area contributed by atoms with Crippen molar-refractivity contribution in [3.8, 4) is 0 Å². The van der Waals surface area contributed by atoms with Gasteiger partial charge in [0.1, 0.15) is 0 Å². The quantitative estimate of drug-likeness (QED) is 0.819. The number of carbonyl (C=O) groups excluding carboxylic acids is 1. The molecule has 1 fully saturated rings. The van der Waals surface area contributed by atoms with Gasteiger partial charge in [0.15, 0.2) is 0 Å². The van der Waals surface area contributed by atoms with Crippen LogP contribution in [0, 0.1) is 0 Å². The highest BCUT2D eigenvalue weighted by molar-refractivity contribution is 9.10. The van der Waals surface area contributed by atoms with Gasteiger partial charge in [0.2, 0.25) is 0 Å². The zero-order chi connectivity index (χ0) is 12.6. The Morgan fingerprint density at radius 3 is 2.41 bits per heavy atom. The topological polar surface area (TPSA) is 60.8 Å². The van der Waals surface area contributed by atoms with Crippen molar-refractivity contribution < 1.29 is 15.0 Å². The number of aliphatic hydroxyl groups is 2. The second-order valence-electron chi connectivity index (χ2n) is 4.00. The van der Waals surface area contributed by atoms with Gasteiger partial charge in [-0.2, -0.15) is 0 Å². The molecule has 1 amide bonds. The SMILES string of the molecule is O=C(c1cc(Cl)cc(Br)c1)N1C[C@@H](O)[C@@H](O)C1. The molecular weight excluding hydrogens is 309 g/mol. The van der Waals surface area contributed by atoms with Crippen molar-refractivity contribution in [1.82, 2.24) is 4.90 Å². The van der Waals surface area contributed by atoms with E-state index in [2.05, 4.69) is 15.9 Å². The Morgan fingerprint density at radius 2 is 1.88 bits per heavy atom. The van der Waals surface area contributed by atoms with E-state index in [1.807, 2.05) is 0 Å². The second-order valence-corrected chi connectivity index (χ2v) is 5.36. The third-order valence-corrected chi connectivity index (χ3v) is 3.33. The van der Waals surface area contributed by atoms with E-state index in [4.69, 9.17) is 11.6 Å². The van der Waals surface area contributed by atoms with Gasteiger partial charge in [-0.15, -0.1) is 0 Å². The molecule has 2 rings (SSSR count). The maximum Gasteiger partial charge on any atom is 0.254 e. The number of carbonyl (C=O) groups is 1. The minimum atomic E-state index is -0.874. The van der Waals surface area contributed by atoms with Crippen molar-refractivity contribution in [3.05, 3.63) is 33.3 Å². The molecule has 6 heteroatoms. The van der Waals surface area contributed by atoms with Crippen LogP contribution >= 0.6 is 27.5 Å².